The summed E-state index contributed by atoms with van der Waals surface area (Å²) in [6.45, 7) is 2.21. The summed E-state index contributed by atoms with van der Waals surface area (Å²) >= 11 is 0. The molecule has 3 heterocycles. The molecule has 3 aromatic rings. The van der Waals surface area contributed by atoms with Crippen LogP contribution in [0.15, 0.2) is 51.8 Å². The molecular formula is C27H26FN5O8. The van der Waals surface area contributed by atoms with Crippen LogP contribution in [0.1, 0.15) is 30.1 Å². The van der Waals surface area contributed by atoms with Gasteiger partial charge in [0.1, 0.15) is 5.82 Å². The summed E-state index contributed by atoms with van der Waals surface area (Å²) in [7, 11) is 0. The number of morpholine rings is 1. The molecule has 2 aliphatic rings. The number of ether oxygens (including phenoxy) is 2. The van der Waals surface area contributed by atoms with Crippen molar-refractivity contribution in [2.45, 2.75) is 32.0 Å². The van der Waals surface area contributed by atoms with E-state index in [2.05, 4.69) is 20.0 Å². The Bertz CT molecular complexity index is 1530. The Morgan fingerprint density at radius 1 is 1.10 bits per heavy atom. The van der Waals surface area contributed by atoms with E-state index in [4.69, 9.17) is 9.47 Å². The molecule has 2 N–H and O–H groups in total. The number of carbonyl (C=O) groups excluding carboxylic acids is 4. The van der Waals surface area contributed by atoms with Crippen molar-refractivity contribution in [3.63, 3.8) is 0 Å². The fourth-order valence-electron chi connectivity index (χ4n) is 4.73. The van der Waals surface area contributed by atoms with Crippen molar-refractivity contribution in [3.05, 3.63) is 64.4 Å². The predicted molar refractivity (Wildman–Crippen MR) is 140 cm³/mol. The second kappa shape index (κ2) is 11.7. The van der Waals surface area contributed by atoms with E-state index in [1.165, 1.54) is 29.2 Å². The second-order valence-electron chi connectivity index (χ2n) is 9.48. The lowest BCUT2D eigenvalue weighted by Gasteiger charge is -2.35. The van der Waals surface area contributed by atoms with Crippen LogP contribution in [0, 0.1) is 5.82 Å². The van der Waals surface area contributed by atoms with Gasteiger partial charge in [0.25, 0.3) is 17.7 Å². The average Bonchev–Trinajstić information content (AvgIpc) is 3.65. The standard InChI is InChI=1S/C27H26FN5O8/c1-15(34)40-21(24(35)29-17-6-4-16(5-7-17)23-30-27(38)41-31-23)22-26(37)33(12-13-39-22)18-8-9-20(28)19(14-18)25(36)32-10-2-3-11-32/h4-9,14,21-22H,2-3,10-13H2,1H3,(H,29,35)(H,30,31,38)/t21-,22-/m1/s1. The molecule has 0 aliphatic carbocycles. The molecule has 0 bridgehead atoms. The number of anilines is 2. The third-order valence-electron chi connectivity index (χ3n) is 6.70. The monoisotopic (exact) mass is 567 g/mol. The Morgan fingerprint density at radius 2 is 1.83 bits per heavy atom. The Kier molecular flexibility index (Phi) is 7.92. The molecule has 2 saturated heterocycles. The van der Waals surface area contributed by atoms with Gasteiger partial charge in [-0.05, 0) is 55.3 Å². The first-order valence-electron chi connectivity index (χ1n) is 12.9. The third kappa shape index (κ3) is 6.01. The number of nitrogens with zero attached hydrogens (tertiary/aromatic N) is 3. The van der Waals surface area contributed by atoms with E-state index < -0.39 is 47.5 Å². The first-order valence-corrected chi connectivity index (χ1v) is 12.9. The summed E-state index contributed by atoms with van der Waals surface area (Å²) in [5.41, 5.74) is 0.891. The summed E-state index contributed by atoms with van der Waals surface area (Å²) in [5.74, 6) is -4.04. The van der Waals surface area contributed by atoms with Crippen molar-refractivity contribution in [1.29, 1.82) is 0 Å². The lowest BCUT2D eigenvalue weighted by atomic mass is 10.1. The number of amides is 3. The van der Waals surface area contributed by atoms with Gasteiger partial charge in [0, 0.05) is 43.5 Å². The molecule has 2 aromatic carbocycles. The van der Waals surface area contributed by atoms with Gasteiger partial charge in [-0.2, -0.15) is 0 Å². The Hall–Kier alpha value is -4.85. The summed E-state index contributed by atoms with van der Waals surface area (Å²) < 4.78 is 29.9. The highest BCUT2D eigenvalue weighted by Crippen LogP contribution is 2.26. The van der Waals surface area contributed by atoms with Crippen molar-refractivity contribution < 1.29 is 37.6 Å². The molecule has 1 aromatic heterocycles. The van der Waals surface area contributed by atoms with E-state index in [1.54, 1.807) is 17.0 Å². The molecule has 0 radical (unpaired) electrons. The van der Waals surface area contributed by atoms with Crippen molar-refractivity contribution >= 4 is 35.1 Å². The summed E-state index contributed by atoms with van der Waals surface area (Å²) in [4.78, 5) is 67.9. The zero-order valence-electron chi connectivity index (χ0n) is 21.9. The highest BCUT2D eigenvalue weighted by Gasteiger charge is 2.43. The highest BCUT2D eigenvalue weighted by atomic mass is 19.1. The zero-order chi connectivity index (χ0) is 29.1. The number of hydrogen-bond acceptors (Lipinski definition) is 9. The van der Waals surface area contributed by atoms with Crippen LogP contribution in [0.25, 0.3) is 11.4 Å². The highest BCUT2D eigenvalue weighted by molar-refractivity contribution is 6.05. The summed E-state index contributed by atoms with van der Waals surface area (Å²) in [5, 5.41) is 6.17. The van der Waals surface area contributed by atoms with E-state index in [0.29, 0.717) is 24.3 Å². The van der Waals surface area contributed by atoms with Gasteiger partial charge in [-0.1, -0.05) is 5.16 Å². The number of esters is 1. The molecular weight excluding hydrogens is 541 g/mol. The summed E-state index contributed by atoms with van der Waals surface area (Å²) in [6.07, 6.45) is -1.48. The SMILES string of the molecule is CC(=O)O[C@@H](C(=O)Nc1ccc(-c2noc(=O)[nH]2)cc1)[C@H]1OCCN(c2ccc(F)c(C(=O)N3CCCC3)c2)C1=O. The Balaban J connectivity index is 1.34. The van der Waals surface area contributed by atoms with Gasteiger partial charge in [0.05, 0.1) is 12.2 Å². The molecule has 14 heteroatoms. The van der Waals surface area contributed by atoms with E-state index in [1.807, 2.05) is 0 Å². The number of hydrogen-bond donors (Lipinski definition) is 2. The Labute approximate surface area is 232 Å². The topological polar surface area (TPSA) is 164 Å². The molecule has 0 spiro atoms. The van der Waals surface area contributed by atoms with Crippen LogP contribution >= 0.6 is 0 Å². The van der Waals surface area contributed by atoms with Gasteiger partial charge >= 0.3 is 11.7 Å². The molecule has 214 valence electrons. The minimum absolute atomic E-state index is 0.0150. The number of likely N-dealkylation sites (tertiary alicyclic amines) is 1. The molecule has 0 saturated carbocycles. The van der Waals surface area contributed by atoms with Crippen LogP contribution < -0.4 is 16.0 Å². The number of nitrogens with one attached hydrogen (secondary N) is 2. The number of H-pyrrole nitrogens is 1. The molecule has 0 unspecified atom stereocenters. The first-order chi connectivity index (χ1) is 19.7. The maximum Gasteiger partial charge on any atom is 0.439 e. The molecule has 41 heavy (non-hydrogen) atoms. The molecule has 3 amide bonds. The smallest absolute Gasteiger partial charge is 0.439 e. The largest absolute Gasteiger partial charge is 0.449 e. The average molecular weight is 568 g/mol. The van der Waals surface area contributed by atoms with Crippen molar-refractivity contribution in [3.8, 4) is 11.4 Å². The molecule has 2 fully saturated rings. The van der Waals surface area contributed by atoms with Gasteiger partial charge in [0.2, 0.25) is 6.10 Å². The number of carbonyl (C=O) groups is 4. The van der Waals surface area contributed by atoms with E-state index >= 15 is 0 Å². The van der Waals surface area contributed by atoms with E-state index in [9.17, 15) is 28.4 Å². The molecule has 2 aliphatic heterocycles. The van der Waals surface area contributed by atoms with Crippen LogP contribution in [-0.4, -0.2) is 77.2 Å². The normalized spacial score (nSPS) is 17.8. The number of rotatable bonds is 7. The van der Waals surface area contributed by atoms with Crippen molar-refractivity contribution in [2.24, 2.45) is 0 Å². The molecule has 5 rings (SSSR count). The minimum atomic E-state index is -1.65. The minimum Gasteiger partial charge on any atom is -0.449 e. The third-order valence-corrected chi connectivity index (χ3v) is 6.70. The fraction of sp³-hybridized carbons (Fsp3) is 0.333. The zero-order valence-corrected chi connectivity index (χ0v) is 21.9. The van der Waals surface area contributed by atoms with Gasteiger partial charge in [-0.3, -0.25) is 28.7 Å². The van der Waals surface area contributed by atoms with Crippen molar-refractivity contribution in [2.75, 3.05) is 36.5 Å². The van der Waals surface area contributed by atoms with Crippen molar-refractivity contribution in [1.82, 2.24) is 15.0 Å². The van der Waals surface area contributed by atoms with Gasteiger partial charge in [-0.15, -0.1) is 0 Å². The van der Waals surface area contributed by atoms with E-state index in [-0.39, 0.29) is 30.2 Å². The van der Waals surface area contributed by atoms with Crippen LogP contribution in [0.4, 0.5) is 15.8 Å². The van der Waals surface area contributed by atoms with Gasteiger partial charge in [-0.25, -0.2) is 9.18 Å². The van der Waals surface area contributed by atoms with Gasteiger partial charge in [0.15, 0.2) is 11.9 Å². The van der Waals surface area contributed by atoms with Crippen LogP contribution in [0.3, 0.4) is 0 Å². The fourth-order valence-corrected chi connectivity index (χ4v) is 4.73. The lowest BCUT2D eigenvalue weighted by Crippen LogP contribution is -2.56. The maximum atomic E-state index is 14.6. The van der Waals surface area contributed by atoms with E-state index in [0.717, 1.165) is 25.8 Å². The molecule has 2 atom stereocenters. The van der Waals surface area contributed by atoms with Crippen LogP contribution in [0.2, 0.25) is 0 Å². The van der Waals surface area contributed by atoms with Gasteiger partial charge < -0.3 is 24.6 Å². The number of benzene rings is 2. The second-order valence-corrected chi connectivity index (χ2v) is 9.48. The molecule has 13 nitrogen and oxygen atoms in total. The lowest BCUT2D eigenvalue weighted by molar-refractivity contribution is -0.167. The predicted octanol–water partition coefficient (Wildman–Crippen LogP) is 1.71. The van der Waals surface area contributed by atoms with Crippen LogP contribution in [0.5, 0.6) is 0 Å². The van der Waals surface area contributed by atoms with Crippen LogP contribution in [-0.2, 0) is 23.9 Å². The first kappa shape index (κ1) is 27.7. The maximum absolute atomic E-state index is 14.6. The number of aromatic nitrogens is 2. The number of aromatic amines is 1. The quantitative estimate of drug-likeness (QED) is 0.405. The summed E-state index contributed by atoms with van der Waals surface area (Å²) in [6, 6.07) is 9.93. The number of halogens is 1. The Morgan fingerprint density at radius 3 is 2.49 bits per heavy atom.